The summed E-state index contributed by atoms with van der Waals surface area (Å²) >= 11 is 0. The van der Waals surface area contributed by atoms with Crippen molar-refractivity contribution in [2.75, 3.05) is 19.8 Å². The normalized spacial score (nSPS) is 18.0. The van der Waals surface area contributed by atoms with Gasteiger partial charge in [-0.2, -0.15) is 0 Å². The Morgan fingerprint density at radius 2 is 1.74 bits per heavy atom. The summed E-state index contributed by atoms with van der Waals surface area (Å²) in [5, 5.41) is 3.70. The van der Waals surface area contributed by atoms with Crippen LogP contribution in [0.25, 0.3) is 0 Å². The third-order valence-corrected chi connectivity index (χ3v) is 4.32. The molecule has 2 nitrogen and oxygen atoms in total. The second-order valence-corrected chi connectivity index (χ2v) is 6.09. The lowest BCUT2D eigenvalue weighted by Gasteiger charge is -2.24. The molecule has 0 heterocycles. The molecule has 0 spiro atoms. The summed E-state index contributed by atoms with van der Waals surface area (Å²) in [6.45, 7) is 7.54. The molecule has 114 valence electrons. The van der Waals surface area contributed by atoms with Crippen LogP contribution in [0.1, 0.15) is 78.1 Å². The zero-order chi connectivity index (χ0) is 13.8. The molecule has 0 amide bonds. The fraction of sp³-hybridized carbons (Fsp3) is 1.00. The SMILES string of the molecule is CCCCCCCOCC(NCCC)C1CCCC1. The van der Waals surface area contributed by atoms with Gasteiger partial charge in [0.1, 0.15) is 0 Å². The van der Waals surface area contributed by atoms with Crippen LogP contribution in [0.2, 0.25) is 0 Å². The molecule has 0 aromatic carbocycles. The van der Waals surface area contributed by atoms with E-state index in [4.69, 9.17) is 4.74 Å². The summed E-state index contributed by atoms with van der Waals surface area (Å²) in [7, 11) is 0. The third kappa shape index (κ3) is 7.94. The number of hydrogen-bond acceptors (Lipinski definition) is 2. The Labute approximate surface area is 120 Å². The average molecular weight is 269 g/mol. The van der Waals surface area contributed by atoms with Crippen molar-refractivity contribution in [2.45, 2.75) is 84.1 Å². The number of hydrogen-bond donors (Lipinski definition) is 1. The van der Waals surface area contributed by atoms with Crippen molar-refractivity contribution in [1.82, 2.24) is 5.32 Å². The molecule has 1 aliphatic rings. The monoisotopic (exact) mass is 269 g/mol. The lowest BCUT2D eigenvalue weighted by atomic mass is 9.98. The Kier molecular flexibility index (Phi) is 10.5. The summed E-state index contributed by atoms with van der Waals surface area (Å²) in [5.74, 6) is 0.867. The van der Waals surface area contributed by atoms with E-state index in [9.17, 15) is 0 Å². The zero-order valence-corrected chi connectivity index (χ0v) is 13.3. The van der Waals surface area contributed by atoms with Gasteiger partial charge in [0.2, 0.25) is 0 Å². The van der Waals surface area contributed by atoms with Crippen molar-refractivity contribution in [3.8, 4) is 0 Å². The van der Waals surface area contributed by atoms with Gasteiger partial charge in [0.25, 0.3) is 0 Å². The smallest absolute Gasteiger partial charge is 0.0622 e. The fourth-order valence-corrected chi connectivity index (χ4v) is 3.07. The van der Waals surface area contributed by atoms with Crippen molar-refractivity contribution < 1.29 is 4.74 Å². The van der Waals surface area contributed by atoms with E-state index in [0.29, 0.717) is 6.04 Å². The first-order valence-electron chi connectivity index (χ1n) is 8.69. The summed E-state index contributed by atoms with van der Waals surface area (Å²) in [6.07, 6.45) is 13.5. The highest BCUT2D eigenvalue weighted by molar-refractivity contribution is 4.80. The van der Waals surface area contributed by atoms with Crippen molar-refractivity contribution in [2.24, 2.45) is 5.92 Å². The van der Waals surface area contributed by atoms with Crippen LogP contribution in [0.4, 0.5) is 0 Å². The van der Waals surface area contributed by atoms with Crippen molar-refractivity contribution in [3.63, 3.8) is 0 Å². The van der Waals surface area contributed by atoms with Gasteiger partial charge in [-0.3, -0.25) is 0 Å². The summed E-state index contributed by atoms with van der Waals surface area (Å²) in [4.78, 5) is 0. The number of ether oxygens (including phenoxy) is 1. The number of unbranched alkanes of at least 4 members (excludes halogenated alkanes) is 4. The molecule has 1 atom stereocenters. The summed E-state index contributed by atoms with van der Waals surface area (Å²) in [6, 6.07) is 0.609. The predicted octanol–water partition coefficient (Wildman–Crippen LogP) is 4.53. The van der Waals surface area contributed by atoms with Gasteiger partial charge in [0, 0.05) is 12.6 Å². The standard InChI is InChI=1S/C17H35NO/c1-3-5-6-7-10-14-19-15-17(18-13-4-2)16-11-8-9-12-16/h16-18H,3-15H2,1-2H3. The topological polar surface area (TPSA) is 21.3 Å². The first-order valence-corrected chi connectivity index (χ1v) is 8.69. The molecule has 1 rings (SSSR count). The fourth-order valence-electron chi connectivity index (χ4n) is 3.07. The van der Waals surface area contributed by atoms with Gasteiger partial charge in [-0.1, -0.05) is 52.4 Å². The van der Waals surface area contributed by atoms with E-state index in [1.165, 1.54) is 64.2 Å². The van der Waals surface area contributed by atoms with E-state index in [1.807, 2.05) is 0 Å². The maximum absolute atomic E-state index is 5.92. The molecule has 0 aromatic rings. The molecule has 1 aliphatic carbocycles. The van der Waals surface area contributed by atoms with Crippen LogP contribution in [-0.2, 0) is 4.74 Å². The van der Waals surface area contributed by atoms with Crippen molar-refractivity contribution in [1.29, 1.82) is 0 Å². The highest BCUT2D eigenvalue weighted by Crippen LogP contribution is 2.27. The second-order valence-electron chi connectivity index (χ2n) is 6.09. The van der Waals surface area contributed by atoms with E-state index in [-0.39, 0.29) is 0 Å². The number of rotatable bonds is 12. The molecule has 0 saturated heterocycles. The Balaban J connectivity index is 2.06. The minimum absolute atomic E-state index is 0.609. The van der Waals surface area contributed by atoms with Gasteiger partial charge in [-0.25, -0.2) is 0 Å². The lowest BCUT2D eigenvalue weighted by molar-refractivity contribution is 0.0905. The maximum atomic E-state index is 5.92. The van der Waals surface area contributed by atoms with Crippen LogP contribution < -0.4 is 5.32 Å². The Morgan fingerprint density at radius 3 is 2.42 bits per heavy atom. The molecule has 2 heteroatoms. The van der Waals surface area contributed by atoms with Gasteiger partial charge in [0.15, 0.2) is 0 Å². The van der Waals surface area contributed by atoms with Crippen LogP contribution in [0, 0.1) is 5.92 Å². The van der Waals surface area contributed by atoms with E-state index >= 15 is 0 Å². The van der Waals surface area contributed by atoms with Gasteiger partial charge in [-0.15, -0.1) is 0 Å². The van der Waals surface area contributed by atoms with E-state index in [1.54, 1.807) is 0 Å². The van der Waals surface area contributed by atoms with Crippen molar-refractivity contribution in [3.05, 3.63) is 0 Å². The molecular weight excluding hydrogens is 234 g/mol. The molecule has 0 aliphatic heterocycles. The third-order valence-electron chi connectivity index (χ3n) is 4.32. The molecule has 0 bridgehead atoms. The molecule has 1 saturated carbocycles. The maximum Gasteiger partial charge on any atom is 0.0622 e. The first-order chi connectivity index (χ1) is 9.38. The van der Waals surface area contributed by atoms with Crippen LogP contribution in [-0.4, -0.2) is 25.8 Å². The molecule has 0 aromatic heterocycles. The molecular formula is C17H35NO. The van der Waals surface area contributed by atoms with Gasteiger partial charge < -0.3 is 10.1 Å². The molecule has 1 fully saturated rings. The average Bonchev–Trinajstić information content (AvgIpc) is 2.95. The van der Waals surface area contributed by atoms with Crippen LogP contribution >= 0.6 is 0 Å². The molecule has 19 heavy (non-hydrogen) atoms. The van der Waals surface area contributed by atoms with Gasteiger partial charge >= 0.3 is 0 Å². The van der Waals surface area contributed by atoms with Gasteiger partial charge in [0.05, 0.1) is 6.61 Å². The first kappa shape index (κ1) is 17.0. The number of nitrogens with one attached hydrogen (secondary N) is 1. The summed E-state index contributed by atoms with van der Waals surface area (Å²) < 4.78 is 5.92. The Hall–Kier alpha value is -0.0800. The highest BCUT2D eigenvalue weighted by atomic mass is 16.5. The molecule has 1 N–H and O–H groups in total. The summed E-state index contributed by atoms with van der Waals surface area (Å²) in [5.41, 5.74) is 0. The predicted molar refractivity (Wildman–Crippen MR) is 83.6 cm³/mol. The minimum Gasteiger partial charge on any atom is -0.380 e. The van der Waals surface area contributed by atoms with E-state index < -0.39 is 0 Å². The molecule has 0 radical (unpaired) electrons. The van der Waals surface area contributed by atoms with E-state index in [0.717, 1.165) is 25.7 Å². The highest BCUT2D eigenvalue weighted by Gasteiger charge is 2.24. The lowest BCUT2D eigenvalue weighted by Crippen LogP contribution is -2.39. The van der Waals surface area contributed by atoms with Crippen LogP contribution in [0.5, 0.6) is 0 Å². The van der Waals surface area contributed by atoms with E-state index in [2.05, 4.69) is 19.2 Å². The quantitative estimate of drug-likeness (QED) is 0.525. The second kappa shape index (κ2) is 11.7. The largest absolute Gasteiger partial charge is 0.380 e. The molecule has 1 unspecified atom stereocenters. The Morgan fingerprint density at radius 1 is 1.00 bits per heavy atom. The van der Waals surface area contributed by atoms with Gasteiger partial charge in [-0.05, 0) is 38.1 Å². The van der Waals surface area contributed by atoms with Crippen LogP contribution in [0.15, 0.2) is 0 Å². The van der Waals surface area contributed by atoms with Crippen molar-refractivity contribution >= 4 is 0 Å². The van der Waals surface area contributed by atoms with Crippen LogP contribution in [0.3, 0.4) is 0 Å². The Bertz CT molecular complexity index is 190. The minimum atomic E-state index is 0.609. The zero-order valence-electron chi connectivity index (χ0n) is 13.3.